The minimum atomic E-state index is -1.21. The van der Waals surface area contributed by atoms with Gasteiger partial charge in [0.1, 0.15) is 0 Å². The largest absolute Gasteiger partial charge is 0.475 e. The van der Waals surface area contributed by atoms with Crippen LogP contribution < -0.4 is 5.56 Å². The first-order valence-corrected chi connectivity index (χ1v) is 3.96. The molecule has 0 atom stereocenters. The Morgan fingerprint density at radius 2 is 2.23 bits per heavy atom. The molecule has 0 amide bonds. The average molecular weight is 185 g/mol. The number of H-pyrrole nitrogens is 1. The number of rotatable bonds is 3. The van der Waals surface area contributed by atoms with Crippen molar-refractivity contribution in [2.45, 2.75) is 20.3 Å². The fourth-order valence-electron chi connectivity index (χ4n) is 1.09. The molecule has 0 unspecified atom stereocenters. The van der Waals surface area contributed by atoms with Gasteiger partial charge in [0.25, 0.3) is 5.56 Å². The summed E-state index contributed by atoms with van der Waals surface area (Å²) in [5, 5.41) is 10.7. The normalized spacial score (nSPS) is 10.7. The van der Waals surface area contributed by atoms with Crippen LogP contribution in [0.3, 0.4) is 0 Å². The van der Waals surface area contributed by atoms with Gasteiger partial charge in [-0.15, -0.1) is 0 Å². The van der Waals surface area contributed by atoms with E-state index in [-0.39, 0.29) is 17.2 Å². The lowest BCUT2D eigenvalue weighted by atomic mass is 10.0. The van der Waals surface area contributed by atoms with Crippen molar-refractivity contribution in [1.82, 2.24) is 5.16 Å². The summed E-state index contributed by atoms with van der Waals surface area (Å²) in [6.45, 7) is 3.80. The van der Waals surface area contributed by atoms with Crippen molar-refractivity contribution in [3.05, 3.63) is 21.7 Å². The van der Waals surface area contributed by atoms with Gasteiger partial charge < -0.3 is 9.63 Å². The average Bonchev–Trinajstić information content (AvgIpc) is 2.32. The Morgan fingerprint density at radius 3 is 2.69 bits per heavy atom. The summed E-state index contributed by atoms with van der Waals surface area (Å²) in [4.78, 5) is 21.6. The lowest BCUT2D eigenvalue weighted by molar-refractivity contribution is 0.0650. The molecule has 0 aliphatic heterocycles. The van der Waals surface area contributed by atoms with Crippen LogP contribution in [0.1, 0.15) is 30.0 Å². The molecule has 0 fully saturated rings. The fourth-order valence-corrected chi connectivity index (χ4v) is 1.09. The lowest BCUT2D eigenvalue weighted by Gasteiger charge is -1.99. The van der Waals surface area contributed by atoms with Gasteiger partial charge in [-0.05, 0) is 12.3 Å². The molecule has 0 radical (unpaired) electrons. The maximum absolute atomic E-state index is 11.1. The van der Waals surface area contributed by atoms with Crippen molar-refractivity contribution in [2.24, 2.45) is 5.92 Å². The number of nitrogens with one attached hydrogen (secondary N) is 1. The van der Waals surface area contributed by atoms with Gasteiger partial charge in [-0.2, -0.15) is 5.16 Å². The fraction of sp³-hybridized carbons (Fsp3) is 0.500. The van der Waals surface area contributed by atoms with Crippen LogP contribution in [-0.2, 0) is 6.42 Å². The van der Waals surface area contributed by atoms with Crippen molar-refractivity contribution >= 4 is 5.97 Å². The second-order valence-corrected chi connectivity index (χ2v) is 3.24. The molecule has 0 saturated carbocycles. The van der Waals surface area contributed by atoms with Crippen molar-refractivity contribution in [2.75, 3.05) is 0 Å². The molecule has 0 spiro atoms. The zero-order valence-corrected chi connectivity index (χ0v) is 7.46. The summed E-state index contributed by atoms with van der Waals surface area (Å²) < 4.78 is 4.52. The molecule has 1 aromatic heterocycles. The Kier molecular flexibility index (Phi) is 2.55. The van der Waals surface area contributed by atoms with E-state index in [0.717, 1.165) is 0 Å². The third-order valence-corrected chi connectivity index (χ3v) is 1.60. The monoisotopic (exact) mass is 185 g/mol. The summed E-state index contributed by atoms with van der Waals surface area (Å²) in [5.74, 6) is -1.27. The molecule has 0 aliphatic rings. The zero-order chi connectivity index (χ0) is 10.0. The van der Waals surface area contributed by atoms with Gasteiger partial charge in [0.05, 0.1) is 5.56 Å². The zero-order valence-electron chi connectivity index (χ0n) is 7.46. The van der Waals surface area contributed by atoms with Crippen LogP contribution >= 0.6 is 0 Å². The molecule has 13 heavy (non-hydrogen) atoms. The van der Waals surface area contributed by atoms with Crippen LogP contribution in [0.5, 0.6) is 0 Å². The van der Waals surface area contributed by atoms with E-state index in [9.17, 15) is 9.59 Å². The third-order valence-electron chi connectivity index (χ3n) is 1.60. The van der Waals surface area contributed by atoms with E-state index in [0.29, 0.717) is 6.42 Å². The molecule has 1 heterocycles. The highest BCUT2D eigenvalue weighted by atomic mass is 16.5. The van der Waals surface area contributed by atoms with E-state index >= 15 is 0 Å². The van der Waals surface area contributed by atoms with Gasteiger partial charge in [-0.1, -0.05) is 13.8 Å². The number of carboxylic acid groups (broad SMARTS) is 1. The van der Waals surface area contributed by atoms with E-state index < -0.39 is 11.5 Å². The predicted molar refractivity (Wildman–Crippen MR) is 44.8 cm³/mol. The number of aromatic amines is 1. The Bertz CT molecular complexity index is 360. The van der Waals surface area contributed by atoms with Crippen LogP contribution in [-0.4, -0.2) is 16.2 Å². The smallest absolute Gasteiger partial charge is 0.375 e. The van der Waals surface area contributed by atoms with Gasteiger partial charge in [-0.25, -0.2) is 4.79 Å². The first kappa shape index (κ1) is 9.57. The molecule has 5 nitrogen and oxygen atoms in total. The molecule has 1 rings (SSSR count). The molecular formula is C8H11NO4. The summed E-state index contributed by atoms with van der Waals surface area (Å²) in [5.41, 5.74) is -0.242. The first-order chi connectivity index (χ1) is 6.02. The maximum atomic E-state index is 11.1. The van der Waals surface area contributed by atoms with Crippen LogP contribution in [0.2, 0.25) is 0 Å². The van der Waals surface area contributed by atoms with Gasteiger partial charge >= 0.3 is 5.97 Å². The number of carbonyl (C=O) groups is 1. The van der Waals surface area contributed by atoms with Gasteiger partial charge in [0.2, 0.25) is 5.76 Å². The highest BCUT2D eigenvalue weighted by Gasteiger charge is 2.19. The van der Waals surface area contributed by atoms with Crippen molar-refractivity contribution in [1.29, 1.82) is 0 Å². The molecule has 0 aliphatic carbocycles. The van der Waals surface area contributed by atoms with Crippen LogP contribution in [0.15, 0.2) is 9.32 Å². The summed E-state index contributed by atoms with van der Waals surface area (Å²) in [6, 6.07) is 0. The molecule has 1 aromatic rings. The summed E-state index contributed by atoms with van der Waals surface area (Å²) >= 11 is 0. The first-order valence-electron chi connectivity index (χ1n) is 3.96. The van der Waals surface area contributed by atoms with Crippen molar-refractivity contribution in [3.63, 3.8) is 0 Å². The molecule has 0 bridgehead atoms. The Labute approximate surface area is 74.3 Å². The lowest BCUT2D eigenvalue weighted by Crippen LogP contribution is -2.12. The quantitative estimate of drug-likeness (QED) is 0.731. The van der Waals surface area contributed by atoms with Gasteiger partial charge in [0.15, 0.2) is 0 Å². The summed E-state index contributed by atoms with van der Waals surface area (Å²) in [7, 11) is 0. The molecule has 0 saturated heterocycles. The Morgan fingerprint density at radius 1 is 1.62 bits per heavy atom. The Hall–Kier alpha value is -1.52. The second kappa shape index (κ2) is 3.47. The highest BCUT2D eigenvalue weighted by Crippen LogP contribution is 2.09. The van der Waals surface area contributed by atoms with E-state index in [1.165, 1.54) is 0 Å². The number of aromatic carboxylic acids is 1. The van der Waals surface area contributed by atoms with Gasteiger partial charge in [-0.3, -0.25) is 4.79 Å². The second-order valence-electron chi connectivity index (χ2n) is 3.24. The van der Waals surface area contributed by atoms with E-state index in [1.54, 1.807) is 0 Å². The molecule has 0 aromatic carbocycles. The van der Waals surface area contributed by atoms with E-state index in [4.69, 9.17) is 5.11 Å². The number of carboxylic acids is 1. The molecule has 72 valence electrons. The van der Waals surface area contributed by atoms with Gasteiger partial charge in [0, 0.05) is 0 Å². The maximum Gasteiger partial charge on any atom is 0.375 e. The van der Waals surface area contributed by atoms with Crippen LogP contribution in [0, 0.1) is 5.92 Å². The third kappa shape index (κ3) is 1.99. The van der Waals surface area contributed by atoms with Crippen LogP contribution in [0.4, 0.5) is 0 Å². The number of hydrogen-bond donors (Lipinski definition) is 2. The number of hydrogen-bond acceptors (Lipinski definition) is 3. The minimum Gasteiger partial charge on any atom is -0.475 e. The molecule has 2 N–H and O–H groups in total. The van der Waals surface area contributed by atoms with Crippen molar-refractivity contribution < 1.29 is 14.4 Å². The standard InChI is InChI=1S/C8H11NO4/c1-4(2)3-5-6(8(11)12)13-9-7(5)10/h4H,3H2,1-2H3,(H,9,10)(H,11,12). The number of aromatic nitrogens is 1. The molecular weight excluding hydrogens is 174 g/mol. The molecule has 5 heteroatoms. The minimum absolute atomic E-state index is 0.211. The SMILES string of the molecule is CC(C)Cc1c(C(=O)O)o[nH]c1=O. The van der Waals surface area contributed by atoms with E-state index in [2.05, 4.69) is 4.52 Å². The highest BCUT2D eigenvalue weighted by molar-refractivity contribution is 5.85. The van der Waals surface area contributed by atoms with Crippen molar-refractivity contribution in [3.8, 4) is 0 Å². The summed E-state index contributed by atoms with van der Waals surface area (Å²) in [6.07, 6.45) is 0.410. The predicted octanol–water partition coefficient (Wildman–Crippen LogP) is 0.865. The topological polar surface area (TPSA) is 83.3 Å². The van der Waals surface area contributed by atoms with E-state index in [1.807, 2.05) is 19.0 Å². The van der Waals surface area contributed by atoms with Crippen LogP contribution in [0.25, 0.3) is 0 Å². The Balaban J connectivity index is 3.09.